The fraction of sp³-hybridized carbons (Fsp3) is 0.316. The van der Waals surface area contributed by atoms with Gasteiger partial charge in [0.05, 0.1) is 10.0 Å². The van der Waals surface area contributed by atoms with E-state index >= 15 is 0 Å². The lowest BCUT2D eigenvalue weighted by atomic mass is 10.3. The van der Waals surface area contributed by atoms with Crippen molar-refractivity contribution in [1.29, 1.82) is 0 Å². The smallest absolute Gasteiger partial charge is 0.138 e. The molecule has 1 N–H and O–H groups in total. The van der Waals surface area contributed by atoms with Gasteiger partial charge in [0.2, 0.25) is 0 Å². The molecule has 0 bridgehead atoms. The highest BCUT2D eigenvalue weighted by Gasteiger charge is 2.22. The molecule has 25 heavy (non-hydrogen) atoms. The van der Waals surface area contributed by atoms with Crippen molar-refractivity contribution in [2.75, 3.05) is 13.2 Å². The van der Waals surface area contributed by atoms with Gasteiger partial charge in [0.1, 0.15) is 23.9 Å². The van der Waals surface area contributed by atoms with Crippen molar-refractivity contribution in [2.24, 2.45) is 5.92 Å². The minimum Gasteiger partial charge on any atom is -0.490 e. The van der Waals surface area contributed by atoms with Gasteiger partial charge in [0.25, 0.3) is 0 Å². The molecule has 2 aromatic rings. The third-order valence-corrected chi connectivity index (χ3v) is 4.63. The predicted octanol–water partition coefficient (Wildman–Crippen LogP) is 5.88. The van der Waals surface area contributed by atoms with Crippen LogP contribution in [0.5, 0.6) is 17.2 Å². The molecular formula is C19H19Cl2NO2S. The van der Waals surface area contributed by atoms with Crippen LogP contribution in [0.2, 0.25) is 10.0 Å². The summed E-state index contributed by atoms with van der Waals surface area (Å²) in [6, 6.07) is 12.5. The lowest BCUT2D eigenvalue weighted by molar-refractivity contribution is 0.322. The summed E-state index contributed by atoms with van der Waals surface area (Å²) >= 11 is 17.5. The zero-order valence-corrected chi connectivity index (χ0v) is 16.0. The number of ether oxygens (including phenoxy) is 2. The first-order valence-corrected chi connectivity index (χ1v) is 9.39. The van der Waals surface area contributed by atoms with Crippen LogP contribution in [0.1, 0.15) is 19.3 Å². The summed E-state index contributed by atoms with van der Waals surface area (Å²) in [5.41, 5.74) is 0. The molecule has 1 aliphatic carbocycles. The lowest BCUT2D eigenvalue weighted by Crippen LogP contribution is -2.26. The van der Waals surface area contributed by atoms with Gasteiger partial charge >= 0.3 is 0 Å². The van der Waals surface area contributed by atoms with Gasteiger partial charge in [-0.3, -0.25) is 0 Å². The average Bonchev–Trinajstić information content (AvgIpc) is 3.37. The van der Waals surface area contributed by atoms with E-state index in [4.69, 9.17) is 44.9 Å². The number of benzene rings is 2. The van der Waals surface area contributed by atoms with Gasteiger partial charge in [-0.05, 0) is 49.1 Å². The molecule has 6 heteroatoms. The van der Waals surface area contributed by atoms with Crippen LogP contribution in [0.3, 0.4) is 0 Å². The summed E-state index contributed by atoms with van der Waals surface area (Å²) in [7, 11) is 0. The van der Waals surface area contributed by atoms with Gasteiger partial charge in [-0.1, -0.05) is 41.5 Å². The van der Waals surface area contributed by atoms with E-state index in [9.17, 15) is 0 Å². The predicted molar refractivity (Wildman–Crippen MR) is 106 cm³/mol. The van der Waals surface area contributed by atoms with E-state index in [1.807, 2.05) is 18.2 Å². The number of rotatable bonds is 8. The third kappa shape index (κ3) is 6.07. The maximum absolute atomic E-state index is 6.27. The second-order valence-electron chi connectivity index (χ2n) is 6.00. The van der Waals surface area contributed by atoms with Gasteiger partial charge in [-0.15, -0.1) is 0 Å². The summed E-state index contributed by atoms with van der Waals surface area (Å²) in [5, 5.41) is 4.34. The SMILES string of the molecule is S=C(CC1CC1)NCCOc1ccc(Oc2cccc(Cl)c2)cc1Cl. The molecule has 132 valence electrons. The van der Waals surface area contributed by atoms with Crippen LogP contribution in [0.25, 0.3) is 0 Å². The Morgan fingerprint density at radius 1 is 1.12 bits per heavy atom. The Hall–Kier alpha value is -1.49. The number of hydrogen-bond donors (Lipinski definition) is 1. The summed E-state index contributed by atoms with van der Waals surface area (Å²) in [6.45, 7) is 1.17. The van der Waals surface area contributed by atoms with E-state index in [0.717, 1.165) is 17.3 Å². The van der Waals surface area contributed by atoms with Crippen LogP contribution in [0.15, 0.2) is 42.5 Å². The van der Waals surface area contributed by atoms with Gasteiger partial charge in [-0.25, -0.2) is 0 Å². The Morgan fingerprint density at radius 3 is 2.64 bits per heavy atom. The first-order valence-electron chi connectivity index (χ1n) is 8.22. The normalized spacial score (nSPS) is 13.4. The molecule has 0 radical (unpaired) electrons. The van der Waals surface area contributed by atoms with Crippen molar-refractivity contribution in [1.82, 2.24) is 5.32 Å². The Labute approximate surface area is 163 Å². The summed E-state index contributed by atoms with van der Waals surface area (Å²) in [6.07, 6.45) is 3.60. The average molecular weight is 396 g/mol. The molecule has 0 aromatic heterocycles. The second-order valence-corrected chi connectivity index (χ2v) is 7.33. The molecular weight excluding hydrogens is 377 g/mol. The number of halogens is 2. The quantitative estimate of drug-likeness (QED) is 0.446. The number of thiocarbonyl (C=S) groups is 1. The van der Waals surface area contributed by atoms with Crippen LogP contribution >= 0.6 is 35.4 Å². The third-order valence-electron chi connectivity index (χ3n) is 3.79. The maximum Gasteiger partial charge on any atom is 0.138 e. The van der Waals surface area contributed by atoms with Crippen LogP contribution in [0, 0.1) is 5.92 Å². The molecule has 3 rings (SSSR count). The van der Waals surface area contributed by atoms with Crippen LogP contribution in [-0.2, 0) is 0 Å². The monoisotopic (exact) mass is 395 g/mol. The summed E-state index contributed by atoms with van der Waals surface area (Å²) < 4.78 is 11.4. The van der Waals surface area contributed by atoms with Crippen molar-refractivity contribution < 1.29 is 9.47 Å². The Kier molecular flexibility index (Phi) is 6.40. The molecule has 1 saturated carbocycles. The van der Waals surface area contributed by atoms with Gasteiger partial charge in [-0.2, -0.15) is 0 Å². The Bertz CT molecular complexity index is 750. The van der Waals surface area contributed by atoms with Gasteiger partial charge in [0.15, 0.2) is 0 Å². The number of nitrogens with one attached hydrogen (secondary N) is 1. The number of hydrogen-bond acceptors (Lipinski definition) is 3. The summed E-state index contributed by atoms with van der Waals surface area (Å²) in [5.74, 6) is 2.70. The largest absolute Gasteiger partial charge is 0.490 e. The van der Waals surface area contributed by atoms with E-state index in [0.29, 0.717) is 40.4 Å². The molecule has 1 fully saturated rings. The minimum absolute atomic E-state index is 0.499. The van der Waals surface area contributed by atoms with Gasteiger partial charge < -0.3 is 14.8 Å². The molecule has 0 heterocycles. The van der Waals surface area contributed by atoms with Crippen LogP contribution < -0.4 is 14.8 Å². The maximum atomic E-state index is 6.27. The first kappa shape index (κ1) is 18.3. The topological polar surface area (TPSA) is 30.5 Å². The van der Waals surface area contributed by atoms with Crippen LogP contribution in [-0.4, -0.2) is 18.1 Å². The van der Waals surface area contributed by atoms with E-state index in [-0.39, 0.29) is 0 Å². The fourth-order valence-corrected chi connectivity index (χ4v) is 3.08. The standard InChI is InChI=1S/C19H19Cl2NO2S/c20-14-2-1-3-15(11-14)24-16-6-7-18(17(21)12-16)23-9-8-22-19(25)10-13-4-5-13/h1-3,6-7,11-13H,4-5,8-10H2,(H,22,25). The van der Waals surface area contributed by atoms with Crippen molar-refractivity contribution >= 4 is 40.4 Å². The molecule has 0 spiro atoms. The van der Waals surface area contributed by atoms with Crippen molar-refractivity contribution in [2.45, 2.75) is 19.3 Å². The molecule has 0 saturated heterocycles. The zero-order chi connectivity index (χ0) is 17.6. The molecule has 0 atom stereocenters. The van der Waals surface area contributed by atoms with Crippen molar-refractivity contribution in [3.05, 3.63) is 52.5 Å². The highest BCUT2D eigenvalue weighted by atomic mass is 35.5. The second kappa shape index (κ2) is 8.75. The Morgan fingerprint density at radius 2 is 1.92 bits per heavy atom. The molecule has 3 nitrogen and oxygen atoms in total. The highest BCUT2D eigenvalue weighted by molar-refractivity contribution is 7.80. The molecule has 2 aromatic carbocycles. The Balaban J connectivity index is 1.47. The minimum atomic E-state index is 0.499. The fourth-order valence-electron chi connectivity index (χ4n) is 2.34. The van der Waals surface area contributed by atoms with E-state index in [2.05, 4.69) is 5.32 Å². The highest BCUT2D eigenvalue weighted by Crippen LogP contribution is 2.33. The van der Waals surface area contributed by atoms with Crippen molar-refractivity contribution in [3.63, 3.8) is 0 Å². The van der Waals surface area contributed by atoms with Crippen LogP contribution in [0.4, 0.5) is 0 Å². The van der Waals surface area contributed by atoms with Crippen molar-refractivity contribution in [3.8, 4) is 17.2 Å². The summed E-state index contributed by atoms with van der Waals surface area (Å²) in [4.78, 5) is 0.919. The zero-order valence-electron chi connectivity index (χ0n) is 13.6. The molecule has 0 unspecified atom stereocenters. The lowest BCUT2D eigenvalue weighted by Gasteiger charge is -2.12. The molecule has 0 amide bonds. The molecule has 0 aliphatic heterocycles. The van der Waals surface area contributed by atoms with E-state index < -0.39 is 0 Å². The molecule has 1 aliphatic rings. The van der Waals surface area contributed by atoms with E-state index in [1.165, 1.54) is 12.8 Å². The first-order chi connectivity index (χ1) is 12.1. The van der Waals surface area contributed by atoms with Gasteiger partial charge in [0, 0.05) is 24.1 Å². The van der Waals surface area contributed by atoms with E-state index in [1.54, 1.807) is 24.3 Å².